The molecular weight excluding hydrogens is 393 g/mol. The fourth-order valence-corrected chi connectivity index (χ4v) is 3.19. The van der Waals surface area contributed by atoms with Gasteiger partial charge in [-0.05, 0) is 48.3 Å². The Morgan fingerprint density at radius 3 is 2.73 bits per heavy atom. The van der Waals surface area contributed by atoms with E-state index in [9.17, 15) is 9.59 Å². The summed E-state index contributed by atoms with van der Waals surface area (Å²) < 4.78 is 0. The van der Waals surface area contributed by atoms with Crippen molar-refractivity contribution < 1.29 is 9.59 Å². The molecule has 0 bridgehead atoms. The van der Waals surface area contributed by atoms with Crippen molar-refractivity contribution in [1.29, 1.82) is 0 Å². The van der Waals surface area contributed by atoms with E-state index in [0.29, 0.717) is 18.0 Å². The van der Waals surface area contributed by atoms with Crippen molar-refractivity contribution in [3.05, 3.63) is 63.9 Å². The quantitative estimate of drug-likeness (QED) is 0.696. The molecule has 1 atom stereocenters. The summed E-state index contributed by atoms with van der Waals surface area (Å²) in [6.45, 7) is 0.347. The van der Waals surface area contributed by atoms with Crippen LogP contribution in [0, 0.1) is 0 Å². The van der Waals surface area contributed by atoms with Crippen LogP contribution >= 0.6 is 35.0 Å². The standard InChI is InChI=1S/C18H19Cl2N3O2S/c1-26-8-6-16(18(25)22-11-12-3-2-7-21-10-12)23-17(24)14-5-4-13(19)9-15(14)20/h2-5,7,9-10,16H,6,8,11H2,1H3,(H,22,25)(H,23,24)/t16-/m0/s1. The molecule has 0 radical (unpaired) electrons. The minimum atomic E-state index is -0.654. The van der Waals surface area contributed by atoms with Gasteiger partial charge in [0.25, 0.3) is 5.91 Å². The van der Waals surface area contributed by atoms with Gasteiger partial charge >= 0.3 is 0 Å². The Morgan fingerprint density at radius 2 is 2.08 bits per heavy atom. The predicted molar refractivity (Wildman–Crippen MR) is 107 cm³/mol. The van der Waals surface area contributed by atoms with Crippen LogP contribution in [0.5, 0.6) is 0 Å². The molecule has 138 valence electrons. The monoisotopic (exact) mass is 411 g/mol. The van der Waals surface area contributed by atoms with Gasteiger partial charge in [-0.2, -0.15) is 11.8 Å². The second-order valence-corrected chi connectivity index (χ2v) is 7.34. The normalized spacial score (nSPS) is 11.7. The molecule has 0 unspecified atom stereocenters. The van der Waals surface area contributed by atoms with Crippen LogP contribution in [0.15, 0.2) is 42.7 Å². The number of carbonyl (C=O) groups is 2. The van der Waals surface area contributed by atoms with Gasteiger partial charge in [0, 0.05) is 24.0 Å². The molecule has 1 aromatic carbocycles. The molecule has 8 heteroatoms. The van der Waals surface area contributed by atoms with Gasteiger partial charge < -0.3 is 10.6 Å². The van der Waals surface area contributed by atoms with Crippen LogP contribution in [-0.4, -0.2) is 34.8 Å². The molecule has 1 heterocycles. The lowest BCUT2D eigenvalue weighted by molar-refractivity contribution is -0.123. The van der Waals surface area contributed by atoms with Crippen LogP contribution in [0.4, 0.5) is 0 Å². The Kier molecular flexibility index (Phi) is 8.22. The zero-order valence-electron chi connectivity index (χ0n) is 14.2. The summed E-state index contributed by atoms with van der Waals surface area (Å²) in [5.74, 6) is 0.0789. The van der Waals surface area contributed by atoms with E-state index in [1.165, 1.54) is 6.07 Å². The van der Waals surface area contributed by atoms with Gasteiger partial charge in [-0.15, -0.1) is 0 Å². The van der Waals surface area contributed by atoms with E-state index < -0.39 is 11.9 Å². The topological polar surface area (TPSA) is 71.1 Å². The molecule has 0 saturated heterocycles. The third-order valence-electron chi connectivity index (χ3n) is 3.60. The Morgan fingerprint density at radius 1 is 1.27 bits per heavy atom. The number of pyridine rings is 1. The van der Waals surface area contributed by atoms with Crippen LogP contribution < -0.4 is 10.6 Å². The molecule has 5 nitrogen and oxygen atoms in total. The molecule has 0 aliphatic rings. The zero-order chi connectivity index (χ0) is 18.9. The maximum atomic E-state index is 12.5. The number of aromatic nitrogens is 1. The van der Waals surface area contributed by atoms with Gasteiger partial charge in [0.2, 0.25) is 5.91 Å². The first-order chi connectivity index (χ1) is 12.5. The number of carbonyl (C=O) groups excluding carboxylic acids is 2. The second-order valence-electron chi connectivity index (χ2n) is 5.51. The SMILES string of the molecule is CSCC[C@H](NC(=O)c1ccc(Cl)cc1Cl)C(=O)NCc1cccnc1. The number of nitrogens with zero attached hydrogens (tertiary/aromatic N) is 1. The van der Waals surface area contributed by atoms with Crippen molar-refractivity contribution in [2.75, 3.05) is 12.0 Å². The molecule has 26 heavy (non-hydrogen) atoms. The van der Waals surface area contributed by atoms with Gasteiger partial charge in [0.15, 0.2) is 0 Å². The number of amides is 2. The van der Waals surface area contributed by atoms with Gasteiger partial charge in [-0.25, -0.2) is 0 Å². The van der Waals surface area contributed by atoms with E-state index in [2.05, 4.69) is 15.6 Å². The molecule has 2 N–H and O–H groups in total. The average molecular weight is 412 g/mol. The second kappa shape index (κ2) is 10.4. The number of hydrogen-bond donors (Lipinski definition) is 2. The van der Waals surface area contributed by atoms with Crippen molar-refractivity contribution in [1.82, 2.24) is 15.6 Å². The van der Waals surface area contributed by atoms with Crippen molar-refractivity contribution in [2.24, 2.45) is 0 Å². The van der Waals surface area contributed by atoms with E-state index in [-0.39, 0.29) is 16.5 Å². The first-order valence-corrected chi connectivity index (χ1v) is 10.1. The highest BCUT2D eigenvalue weighted by molar-refractivity contribution is 7.98. The number of rotatable bonds is 8. The average Bonchev–Trinajstić information content (AvgIpc) is 2.63. The Labute approximate surface area is 166 Å². The molecule has 2 amide bonds. The van der Waals surface area contributed by atoms with Gasteiger partial charge in [0.1, 0.15) is 6.04 Å². The molecule has 2 aromatic rings. The zero-order valence-corrected chi connectivity index (χ0v) is 16.5. The van der Waals surface area contributed by atoms with Crippen molar-refractivity contribution >= 4 is 46.8 Å². The van der Waals surface area contributed by atoms with Crippen LogP contribution in [-0.2, 0) is 11.3 Å². The number of thioether (sulfide) groups is 1. The van der Waals surface area contributed by atoms with Gasteiger partial charge in [-0.1, -0.05) is 29.3 Å². The molecule has 0 saturated carbocycles. The summed E-state index contributed by atoms with van der Waals surface area (Å²) in [5.41, 5.74) is 1.17. The summed E-state index contributed by atoms with van der Waals surface area (Å²) in [6, 6.07) is 7.64. The summed E-state index contributed by atoms with van der Waals surface area (Å²) in [6.07, 6.45) is 5.81. The minimum absolute atomic E-state index is 0.245. The van der Waals surface area contributed by atoms with E-state index in [0.717, 1.165) is 11.3 Å². The van der Waals surface area contributed by atoms with E-state index in [4.69, 9.17) is 23.2 Å². The van der Waals surface area contributed by atoms with Crippen molar-refractivity contribution in [3.63, 3.8) is 0 Å². The lowest BCUT2D eigenvalue weighted by Crippen LogP contribution is -2.47. The first kappa shape index (κ1) is 20.6. The van der Waals surface area contributed by atoms with Crippen molar-refractivity contribution in [2.45, 2.75) is 19.0 Å². The molecule has 1 aromatic heterocycles. The third kappa shape index (κ3) is 6.20. The molecule has 2 rings (SSSR count). The van der Waals surface area contributed by atoms with Gasteiger partial charge in [0.05, 0.1) is 10.6 Å². The fraction of sp³-hybridized carbons (Fsp3) is 0.278. The molecule has 0 aliphatic carbocycles. The molecule has 0 spiro atoms. The smallest absolute Gasteiger partial charge is 0.253 e. The fourth-order valence-electron chi connectivity index (χ4n) is 2.23. The lowest BCUT2D eigenvalue weighted by Gasteiger charge is -2.18. The van der Waals surface area contributed by atoms with E-state index in [1.807, 2.05) is 12.3 Å². The predicted octanol–water partition coefficient (Wildman–Crippen LogP) is 3.56. The molecule has 0 fully saturated rings. The van der Waals surface area contributed by atoms with E-state index >= 15 is 0 Å². The summed E-state index contributed by atoms with van der Waals surface area (Å²) in [7, 11) is 0. The van der Waals surface area contributed by atoms with Crippen LogP contribution in [0.1, 0.15) is 22.3 Å². The summed E-state index contributed by atoms with van der Waals surface area (Å²) in [5, 5.41) is 6.28. The molecular formula is C18H19Cl2N3O2S. The first-order valence-electron chi connectivity index (χ1n) is 7.92. The largest absolute Gasteiger partial charge is 0.350 e. The third-order valence-corrected chi connectivity index (χ3v) is 4.79. The Balaban J connectivity index is 2.03. The maximum Gasteiger partial charge on any atom is 0.253 e. The van der Waals surface area contributed by atoms with Crippen LogP contribution in [0.25, 0.3) is 0 Å². The van der Waals surface area contributed by atoms with E-state index in [1.54, 1.807) is 42.4 Å². The highest BCUT2D eigenvalue weighted by atomic mass is 35.5. The summed E-state index contributed by atoms with van der Waals surface area (Å²) >= 11 is 13.5. The highest BCUT2D eigenvalue weighted by Gasteiger charge is 2.22. The number of hydrogen-bond acceptors (Lipinski definition) is 4. The number of nitrogens with one attached hydrogen (secondary N) is 2. The van der Waals surface area contributed by atoms with Gasteiger partial charge in [-0.3, -0.25) is 14.6 Å². The van der Waals surface area contributed by atoms with Crippen LogP contribution in [0.2, 0.25) is 10.0 Å². The Hall–Kier alpha value is -1.76. The summed E-state index contributed by atoms with van der Waals surface area (Å²) in [4.78, 5) is 29.0. The van der Waals surface area contributed by atoms with Crippen molar-refractivity contribution in [3.8, 4) is 0 Å². The highest BCUT2D eigenvalue weighted by Crippen LogP contribution is 2.21. The minimum Gasteiger partial charge on any atom is -0.350 e. The Bertz CT molecular complexity index is 759. The lowest BCUT2D eigenvalue weighted by atomic mass is 10.1. The maximum absolute atomic E-state index is 12.5. The molecule has 0 aliphatic heterocycles. The van der Waals surface area contributed by atoms with Crippen LogP contribution in [0.3, 0.4) is 0 Å². The number of halogens is 2. The number of benzene rings is 1.